The molecular formula is C10H20N2O3. The topological polar surface area (TPSA) is 49.9 Å². The third-order valence-corrected chi connectivity index (χ3v) is 1.85. The van der Waals surface area contributed by atoms with Gasteiger partial charge in [0.1, 0.15) is 6.54 Å². The standard InChI is InChI=1S/C10H20N2O3/c1-5-6-12(8-10(14)15-4)9(13)7-11(2)3/h5-8H2,1-4H3. The lowest BCUT2D eigenvalue weighted by Crippen LogP contribution is -2.41. The Morgan fingerprint density at radius 2 is 1.80 bits per heavy atom. The van der Waals surface area contributed by atoms with Crippen LogP contribution in [0.2, 0.25) is 0 Å². The first-order valence-electron chi connectivity index (χ1n) is 5.00. The Labute approximate surface area is 91.0 Å². The lowest BCUT2D eigenvalue weighted by molar-refractivity contribution is -0.147. The molecule has 88 valence electrons. The van der Waals surface area contributed by atoms with Crippen LogP contribution in [0.15, 0.2) is 0 Å². The van der Waals surface area contributed by atoms with E-state index in [0.29, 0.717) is 13.1 Å². The summed E-state index contributed by atoms with van der Waals surface area (Å²) in [7, 11) is 4.96. The van der Waals surface area contributed by atoms with Gasteiger partial charge in [0.05, 0.1) is 13.7 Å². The maximum Gasteiger partial charge on any atom is 0.325 e. The normalized spacial score (nSPS) is 10.2. The first-order valence-corrected chi connectivity index (χ1v) is 5.00. The van der Waals surface area contributed by atoms with Crippen LogP contribution in [0.25, 0.3) is 0 Å². The molecule has 15 heavy (non-hydrogen) atoms. The van der Waals surface area contributed by atoms with Crippen LogP contribution < -0.4 is 0 Å². The number of carbonyl (C=O) groups excluding carboxylic acids is 2. The van der Waals surface area contributed by atoms with E-state index in [-0.39, 0.29) is 18.4 Å². The molecule has 0 rings (SSSR count). The van der Waals surface area contributed by atoms with E-state index in [9.17, 15) is 9.59 Å². The minimum atomic E-state index is -0.379. The highest BCUT2D eigenvalue weighted by Crippen LogP contribution is 1.95. The van der Waals surface area contributed by atoms with Crippen LogP contribution in [0.4, 0.5) is 0 Å². The monoisotopic (exact) mass is 216 g/mol. The summed E-state index contributed by atoms with van der Waals surface area (Å²) in [6.45, 7) is 2.91. The molecule has 0 saturated heterocycles. The number of hydrogen-bond donors (Lipinski definition) is 0. The van der Waals surface area contributed by atoms with Crippen molar-refractivity contribution in [3.63, 3.8) is 0 Å². The number of esters is 1. The molecular weight excluding hydrogens is 196 g/mol. The van der Waals surface area contributed by atoms with Gasteiger partial charge in [0, 0.05) is 6.54 Å². The van der Waals surface area contributed by atoms with Crippen molar-refractivity contribution in [1.82, 2.24) is 9.80 Å². The van der Waals surface area contributed by atoms with E-state index in [4.69, 9.17) is 0 Å². The Hall–Kier alpha value is -1.10. The van der Waals surface area contributed by atoms with Gasteiger partial charge in [0.15, 0.2) is 0 Å². The van der Waals surface area contributed by atoms with Gasteiger partial charge in [-0.2, -0.15) is 0 Å². The van der Waals surface area contributed by atoms with Gasteiger partial charge >= 0.3 is 5.97 Å². The molecule has 0 aromatic carbocycles. The average molecular weight is 216 g/mol. The van der Waals surface area contributed by atoms with Gasteiger partial charge in [-0.05, 0) is 20.5 Å². The fraction of sp³-hybridized carbons (Fsp3) is 0.800. The molecule has 0 aromatic rings. The lowest BCUT2D eigenvalue weighted by atomic mass is 10.3. The number of ether oxygens (including phenoxy) is 1. The van der Waals surface area contributed by atoms with Gasteiger partial charge in [-0.3, -0.25) is 9.59 Å². The molecule has 0 spiro atoms. The van der Waals surface area contributed by atoms with Crippen LogP contribution in [-0.2, 0) is 14.3 Å². The van der Waals surface area contributed by atoms with Crippen LogP contribution in [-0.4, -0.2) is 62.5 Å². The van der Waals surface area contributed by atoms with Crippen molar-refractivity contribution in [3.8, 4) is 0 Å². The second-order valence-corrected chi connectivity index (χ2v) is 3.63. The van der Waals surface area contributed by atoms with Crippen molar-refractivity contribution in [3.05, 3.63) is 0 Å². The minimum absolute atomic E-state index is 0.0387. The molecule has 0 N–H and O–H groups in total. The Bertz CT molecular complexity index is 217. The zero-order valence-corrected chi connectivity index (χ0v) is 9.95. The molecule has 0 aliphatic carbocycles. The third kappa shape index (κ3) is 6.06. The van der Waals surface area contributed by atoms with Crippen molar-refractivity contribution in [1.29, 1.82) is 0 Å². The Balaban J connectivity index is 4.24. The van der Waals surface area contributed by atoms with E-state index in [1.165, 1.54) is 12.0 Å². The number of carbonyl (C=O) groups is 2. The minimum Gasteiger partial charge on any atom is -0.468 e. The SMILES string of the molecule is CCCN(CC(=O)OC)C(=O)CN(C)C. The number of rotatable bonds is 6. The van der Waals surface area contributed by atoms with Crippen molar-refractivity contribution in [2.45, 2.75) is 13.3 Å². The summed E-state index contributed by atoms with van der Waals surface area (Å²) in [5.41, 5.74) is 0. The quantitative estimate of drug-likeness (QED) is 0.585. The molecule has 0 radical (unpaired) electrons. The highest BCUT2D eigenvalue weighted by atomic mass is 16.5. The molecule has 0 aromatic heterocycles. The van der Waals surface area contributed by atoms with Crippen LogP contribution in [0, 0.1) is 0 Å². The summed E-state index contributed by atoms with van der Waals surface area (Å²) in [5, 5.41) is 0. The van der Waals surface area contributed by atoms with E-state index < -0.39 is 0 Å². The van der Waals surface area contributed by atoms with Gasteiger partial charge in [-0.15, -0.1) is 0 Å². The third-order valence-electron chi connectivity index (χ3n) is 1.85. The van der Waals surface area contributed by atoms with E-state index in [1.54, 1.807) is 4.90 Å². The number of methoxy groups -OCH3 is 1. The predicted molar refractivity (Wildman–Crippen MR) is 57.4 cm³/mol. The molecule has 1 amide bonds. The second-order valence-electron chi connectivity index (χ2n) is 3.63. The van der Waals surface area contributed by atoms with Gasteiger partial charge in [-0.25, -0.2) is 0 Å². The molecule has 0 unspecified atom stereocenters. The van der Waals surface area contributed by atoms with Gasteiger partial charge in [0.25, 0.3) is 0 Å². The van der Waals surface area contributed by atoms with Gasteiger partial charge in [-0.1, -0.05) is 6.92 Å². The Kier molecular flexibility index (Phi) is 6.70. The van der Waals surface area contributed by atoms with Gasteiger partial charge in [0.2, 0.25) is 5.91 Å². The summed E-state index contributed by atoms with van der Waals surface area (Å²) in [6.07, 6.45) is 0.830. The Morgan fingerprint density at radius 1 is 1.20 bits per heavy atom. The number of nitrogens with zero attached hydrogens (tertiary/aromatic N) is 2. The summed E-state index contributed by atoms with van der Waals surface area (Å²) < 4.78 is 4.54. The fourth-order valence-electron chi connectivity index (χ4n) is 1.15. The maximum absolute atomic E-state index is 11.7. The first-order chi connectivity index (χ1) is 7.01. The van der Waals surface area contributed by atoms with Crippen molar-refractivity contribution in [2.24, 2.45) is 0 Å². The van der Waals surface area contributed by atoms with Crippen molar-refractivity contribution >= 4 is 11.9 Å². The van der Waals surface area contributed by atoms with E-state index >= 15 is 0 Å². The highest BCUT2D eigenvalue weighted by molar-refractivity contribution is 5.83. The average Bonchev–Trinajstić information content (AvgIpc) is 2.15. The molecule has 0 fully saturated rings. The summed E-state index contributed by atoms with van der Waals surface area (Å²) in [6, 6.07) is 0. The van der Waals surface area contributed by atoms with Crippen molar-refractivity contribution in [2.75, 3.05) is 40.8 Å². The molecule has 0 bridgehead atoms. The molecule has 0 atom stereocenters. The van der Waals surface area contributed by atoms with Crippen molar-refractivity contribution < 1.29 is 14.3 Å². The molecule has 5 nitrogen and oxygen atoms in total. The number of amides is 1. The molecule has 0 aliphatic heterocycles. The van der Waals surface area contributed by atoms with Gasteiger partial charge < -0.3 is 14.5 Å². The van der Waals surface area contributed by atoms with E-state index in [0.717, 1.165) is 6.42 Å². The molecule has 0 saturated carbocycles. The fourth-order valence-corrected chi connectivity index (χ4v) is 1.15. The second kappa shape index (κ2) is 7.23. The van der Waals surface area contributed by atoms with Crippen LogP contribution >= 0.6 is 0 Å². The smallest absolute Gasteiger partial charge is 0.325 e. The molecule has 0 aliphatic rings. The summed E-state index contributed by atoms with van der Waals surface area (Å²) >= 11 is 0. The zero-order valence-electron chi connectivity index (χ0n) is 9.95. The zero-order chi connectivity index (χ0) is 11.8. The number of hydrogen-bond acceptors (Lipinski definition) is 4. The highest BCUT2D eigenvalue weighted by Gasteiger charge is 2.16. The Morgan fingerprint density at radius 3 is 2.20 bits per heavy atom. The summed E-state index contributed by atoms with van der Waals surface area (Å²) in [5.74, 6) is -0.428. The first kappa shape index (κ1) is 13.9. The molecule has 0 heterocycles. The van der Waals surface area contributed by atoms with E-state index in [1.807, 2.05) is 21.0 Å². The molecule has 5 heteroatoms. The van der Waals surface area contributed by atoms with Crippen LogP contribution in [0.1, 0.15) is 13.3 Å². The van der Waals surface area contributed by atoms with E-state index in [2.05, 4.69) is 4.74 Å². The number of likely N-dealkylation sites (N-methyl/N-ethyl adjacent to an activating group) is 1. The lowest BCUT2D eigenvalue weighted by Gasteiger charge is -2.22. The largest absolute Gasteiger partial charge is 0.468 e. The summed E-state index contributed by atoms with van der Waals surface area (Å²) in [4.78, 5) is 26.0. The van der Waals surface area contributed by atoms with Crippen LogP contribution in [0.5, 0.6) is 0 Å². The van der Waals surface area contributed by atoms with Crippen LogP contribution in [0.3, 0.4) is 0 Å². The maximum atomic E-state index is 11.7. The predicted octanol–water partition coefficient (Wildman–Crippen LogP) is -0.0404.